The molecule has 2 N–H and O–H groups in total. The van der Waals surface area contributed by atoms with Crippen LogP contribution in [0.4, 0.5) is 5.69 Å². The van der Waals surface area contributed by atoms with Crippen LogP contribution in [0.2, 0.25) is 0 Å². The molecule has 0 aliphatic heterocycles. The van der Waals surface area contributed by atoms with Gasteiger partial charge in [0.1, 0.15) is 5.75 Å². The van der Waals surface area contributed by atoms with Crippen molar-refractivity contribution in [3.8, 4) is 5.75 Å². The Kier molecular flexibility index (Phi) is 2.96. The van der Waals surface area contributed by atoms with Crippen LogP contribution in [0.3, 0.4) is 0 Å². The molecular weight excluding hydrogens is 162 g/mol. The molecule has 2 nitrogen and oxygen atoms in total. The first-order valence-corrected chi connectivity index (χ1v) is 4.20. The van der Waals surface area contributed by atoms with Crippen LogP contribution in [-0.4, -0.2) is 7.11 Å². The Labute approximate surface area is 79.0 Å². The number of methoxy groups -OCH3 is 1. The zero-order valence-corrected chi connectivity index (χ0v) is 8.13. The van der Waals surface area contributed by atoms with E-state index in [0.717, 1.165) is 29.0 Å². The van der Waals surface area contributed by atoms with Crippen LogP contribution < -0.4 is 10.5 Å². The fourth-order valence-electron chi connectivity index (χ4n) is 1.19. The molecule has 0 radical (unpaired) electrons. The second kappa shape index (κ2) is 3.99. The van der Waals surface area contributed by atoms with E-state index in [1.54, 1.807) is 7.11 Å². The predicted octanol–water partition coefficient (Wildman–Crippen LogP) is 2.40. The van der Waals surface area contributed by atoms with Crippen molar-refractivity contribution in [2.75, 3.05) is 12.8 Å². The van der Waals surface area contributed by atoms with Gasteiger partial charge in [-0.3, -0.25) is 0 Å². The van der Waals surface area contributed by atoms with Crippen molar-refractivity contribution in [1.82, 2.24) is 0 Å². The molecular formula is C11H15NO. The van der Waals surface area contributed by atoms with Crippen molar-refractivity contribution in [1.29, 1.82) is 0 Å². The predicted molar refractivity (Wildman–Crippen MR) is 55.9 cm³/mol. The highest BCUT2D eigenvalue weighted by molar-refractivity contribution is 5.51. The lowest BCUT2D eigenvalue weighted by atomic mass is 10.1. The van der Waals surface area contributed by atoms with Crippen LogP contribution in [0.25, 0.3) is 0 Å². The summed E-state index contributed by atoms with van der Waals surface area (Å²) in [6.07, 6.45) is 0.809. The lowest BCUT2D eigenvalue weighted by Crippen LogP contribution is -1.96. The number of allylic oxidation sites excluding steroid dienone is 1. The Morgan fingerprint density at radius 1 is 1.54 bits per heavy atom. The lowest BCUT2D eigenvalue weighted by molar-refractivity contribution is 0.414. The smallest absolute Gasteiger partial charge is 0.119 e. The van der Waals surface area contributed by atoms with E-state index < -0.39 is 0 Å². The number of ether oxygens (including phenoxy) is 1. The third-order valence-corrected chi connectivity index (χ3v) is 1.84. The Morgan fingerprint density at radius 2 is 2.23 bits per heavy atom. The average Bonchev–Trinajstić information content (AvgIpc) is 2.08. The molecule has 0 bridgehead atoms. The van der Waals surface area contributed by atoms with Gasteiger partial charge in [0.15, 0.2) is 0 Å². The molecule has 0 aromatic heterocycles. The minimum atomic E-state index is 0.795. The summed E-state index contributed by atoms with van der Waals surface area (Å²) in [5.74, 6) is 0.838. The van der Waals surface area contributed by atoms with E-state index in [1.165, 1.54) is 0 Å². The van der Waals surface area contributed by atoms with Crippen molar-refractivity contribution < 1.29 is 4.74 Å². The van der Waals surface area contributed by atoms with E-state index in [9.17, 15) is 0 Å². The summed E-state index contributed by atoms with van der Waals surface area (Å²) in [4.78, 5) is 0. The molecule has 70 valence electrons. The van der Waals surface area contributed by atoms with E-state index in [1.807, 2.05) is 25.1 Å². The lowest BCUT2D eigenvalue weighted by Gasteiger charge is -2.07. The van der Waals surface area contributed by atoms with Gasteiger partial charge < -0.3 is 10.5 Å². The van der Waals surface area contributed by atoms with Gasteiger partial charge in [-0.1, -0.05) is 12.2 Å². The largest absolute Gasteiger partial charge is 0.497 e. The highest BCUT2D eigenvalue weighted by Crippen LogP contribution is 2.21. The molecule has 1 aromatic carbocycles. The highest BCUT2D eigenvalue weighted by atomic mass is 16.5. The summed E-state index contributed by atoms with van der Waals surface area (Å²) >= 11 is 0. The molecule has 2 heteroatoms. The van der Waals surface area contributed by atoms with Crippen LogP contribution in [0.1, 0.15) is 12.5 Å². The molecule has 0 aliphatic rings. The number of nitrogen functional groups attached to an aromatic ring is 1. The Hall–Kier alpha value is -1.44. The Morgan fingerprint density at radius 3 is 2.77 bits per heavy atom. The Balaban J connectivity index is 2.96. The SMILES string of the molecule is C=C(C)Cc1cc(OC)ccc1N. The summed E-state index contributed by atoms with van der Waals surface area (Å²) in [5.41, 5.74) is 8.76. The summed E-state index contributed by atoms with van der Waals surface area (Å²) < 4.78 is 5.11. The first-order valence-electron chi connectivity index (χ1n) is 4.20. The molecule has 0 heterocycles. The number of rotatable bonds is 3. The topological polar surface area (TPSA) is 35.2 Å². The normalized spacial score (nSPS) is 9.69. The van der Waals surface area contributed by atoms with E-state index in [0.29, 0.717) is 0 Å². The standard InChI is InChI=1S/C11H15NO/c1-8(2)6-9-7-10(13-3)4-5-11(9)12/h4-5,7H,1,6,12H2,2-3H3. The summed E-state index contributed by atoms with van der Waals surface area (Å²) in [5, 5.41) is 0. The maximum Gasteiger partial charge on any atom is 0.119 e. The second-order valence-electron chi connectivity index (χ2n) is 3.20. The first kappa shape index (κ1) is 9.65. The van der Waals surface area contributed by atoms with E-state index >= 15 is 0 Å². The van der Waals surface area contributed by atoms with E-state index in [2.05, 4.69) is 6.58 Å². The average molecular weight is 177 g/mol. The number of hydrogen-bond donors (Lipinski definition) is 1. The fourth-order valence-corrected chi connectivity index (χ4v) is 1.19. The van der Waals surface area contributed by atoms with Gasteiger partial charge in [0.25, 0.3) is 0 Å². The highest BCUT2D eigenvalue weighted by Gasteiger charge is 2.01. The van der Waals surface area contributed by atoms with Crippen LogP contribution in [0.15, 0.2) is 30.4 Å². The van der Waals surface area contributed by atoms with Gasteiger partial charge in [0.2, 0.25) is 0 Å². The van der Waals surface area contributed by atoms with Crippen molar-refractivity contribution in [2.45, 2.75) is 13.3 Å². The van der Waals surface area contributed by atoms with Gasteiger partial charge in [-0.2, -0.15) is 0 Å². The minimum Gasteiger partial charge on any atom is -0.497 e. The van der Waals surface area contributed by atoms with Crippen molar-refractivity contribution in [2.24, 2.45) is 0 Å². The van der Waals surface area contributed by atoms with Crippen LogP contribution in [-0.2, 0) is 6.42 Å². The number of benzene rings is 1. The summed E-state index contributed by atoms with van der Waals surface area (Å²) in [7, 11) is 1.65. The van der Waals surface area contributed by atoms with Gasteiger partial charge in [-0.05, 0) is 37.1 Å². The first-order chi connectivity index (χ1) is 6.13. The maximum absolute atomic E-state index is 5.80. The van der Waals surface area contributed by atoms with Crippen molar-refractivity contribution in [3.63, 3.8) is 0 Å². The van der Waals surface area contributed by atoms with Gasteiger partial charge in [-0.15, -0.1) is 0 Å². The minimum absolute atomic E-state index is 0.795. The number of hydrogen-bond acceptors (Lipinski definition) is 2. The maximum atomic E-state index is 5.80. The van der Waals surface area contributed by atoms with Gasteiger partial charge in [-0.25, -0.2) is 0 Å². The second-order valence-corrected chi connectivity index (χ2v) is 3.20. The quantitative estimate of drug-likeness (QED) is 0.568. The molecule has 0 unspecified atom stereocenters. The zero-order chi connectivity index (χ0) is 9.84. The van der Waals surface area contributed by atoms with Gasteiger partial charge in [0, 0.05) is 5.69 Å². The third kappa shape index (κ3) is 2.51. The summed E-state index contributed by atoms with van der Waals surface area (Å²) in [6, 6.07) is 5.67. The van der Waals surface area contributed by atoms with Crippen molar-refractivity contribution >= 4 is 5.69 Å². The zero-order valence-electron chi connectivity index (χ0n) is 8.13. The van der Waals surface area contributed by atoms with Crippen LogP contribution in [0, 0.1) is 0 Å². The van der Waals surface area contributed by atoms with Crippen LogP contribution >= 0.6 is 0 Å². The molecule has 0 aliphatic carbocycles. The molecule has 0 fully saturated rings. The third-order valence-electron chi connectivity index (χ3n) is 1.84. The molecule has 1 aromatic rings. The molecule has 0 saturated heterocycles. The van der Waals surface area contributed by atoms with Crippen LogP contribution in [0.5, 0.6) is 5.75 Å². The van der Waals surface area contributed by atoms with E-state index in [4.69, 9.17) is 10.5 Å². The van der Waals surface area contributed by atoms with Crippen molar-refractivity contribution in [3.05, 3.63) is 35.9 Å². The monoisotopic (exact) mass is 177 g/mol. The van der Waals surface area contributed by atoms with Gasteiger partial charge in [0.05, 0.1) is 7.11 Å². The van der Waals surface area contributed by atoms with Gasteiger partial charge >= 0.3 is 0 Å². The fraction of sp³-hybridized carbons (Fsp3) is 0.273. The number of nitrogens with two attached hydrogens (primary N) is 1. The molecule has 0 atom stereocenters. The molecule has 0 amide bonds. The summed E-state index contributed by atoms with van der Waals surface area (Å²) in [6.45, 7) is 5.84. The molecule has 1 rings (SSSR count). The molecule has 0 saturated carbocycles. The molecule has 13 heavy (non-hydrogen) atoms. The van der Waals surface area contributed by atoms with E-state index in [-0.39, 0.29) is 0 Å². The molecule has 0 spiro atoms. The Bertz CT molecular complexity index is 318. The number of anilines is 1.